The zero-order valence-electron chi connectivity index (χ0n) is 9.89. The molecule has 0 aliphatic carbocycles. The van der Waals surface area contributed by atoms with Gasteiger partial charge in [-0.3, -0.25) is 9.78 Å². The highest BCUT2D eigenvalue weighted by atomic mass is 16.2. The van der Waals surface area contributed by atoms with Crippen molar-refractivity contribution < 1.29 is 4.79 Å². The van der Waals surface area contributed by atoms with E-state index in [2.05, 4.69) is 4.98 Å². The van der Waals surface area contributed by atoms with E-state index in [0.717, 1.165) is 18.4 Å². The van der Waals surface area contributed by atoms with E-state index in [1.165, 1.54) is 0 Å². The molecule has 4 heteroatoms. The summed E-state index contributed by atoms with van der Waals surface area (Å²) in [6.07, 6.45) is 5.13. The van der Waals surface area contributed by atoms with Gasteiger partial charge in [-0.15, -0.1) is 0 Å². The van der Waals surface area contributed by atoms with Crippen LogP contribution in [0.5, 0.6) is 0 Å². The van der Waals surface area contributed by atoms with Crippen molar-refractivity contribution in [1.29, 1.82) is 0 Å². The minimum atomic E-state index is -0.383. The van der Waals surface area contributed by atoms with Crippen LogP contribution in [0.15, 0.2) is 24.5 Å². The standard InChI is InChI=1S/C12H19N3O/c1-3-5-11(13)12(16)15(2)9-10-6-4-7-14-8-10/h4,6-8,11H,3,5,9,13H2,1-2H3/t11-/m0/s1. The summed E-state index contributed by atoms with van der Waals surface area (Å²) < 4.78 is 0. The van der Waals surface area contributed by atoms with Gasteiger partial charge in [-0.1, -0.05) is 19.4 Å². The van der Waals surface area contributed by atoms with E-state index >= 15 is 0 Å². The molecular weight excluding hydrogens is 202 g/mol. The Kier molecular flexibility index (Phi) is 4.92. The second-order valence-corrected chi connectivity index (χ2v) is 3.95. The highest BCUT2D eigenvalue weighted by Crippen LogP contribution is 2.04. The molecule has 4 nitrogen and oxygen atoms in total. The van der Waals surface area contributed by atoms with E-state index in [-0.39, 0.29) is 11.9 Å². The summed E-state index contributed by atoms with van der Waals surface area (Å²) in [5.74, 6) is -0.00861. The second-order valence-electron chi connectivity index (χ2n) is 3.95. The van der Waals surface area contributed by atoms with E-state index in [1.54, 1.807) is 24.3 Å². The minimum Gasteiger partial charge on any atom is -0.340 e. The number of hydrogen-bond donors (Lipinski definition) is 1. The van der Waals surface area contributed by atoms with Gasteiger partial charge in [0.15, 0.2) is 0 Å². The Bertz CT molecular complexity index is 326. The van der Waals surface area contributed by atoms with Crippen LogP contribution < -0.4 is 5.73 Å². The van der Waals surface area contributed by atoms with Crippen LogP contribution in [-0.4, -0.2) is 28.9 Å². The molecule has 0 fully saturated rings. The van der Waals surface area contributed by atoms with Crippen LogP contribution in [-0.2, 0) is 11.3 Å². The molecule has 16 heavy (non-hydrogen) atoms. The van der Waals surface area contributed by atoms with E-state index in [0.29, 0.717) is 6.54 Å². The van der Waals surface area contributed by atoms with E-state index in [1.807, 2.05) is 19.1 Å². The van der Waals surface area contributed by atoms with Gasteiger partial charge >= 0.3 is 0 Å². The van der Waals surface area contributed by atoms with Crippen LogP contribution >= 0.6 is 0 Å². The Labute approximate surface area is 96.5 Å². The van der Waals surface area contributed by atoms with Crippen molar-refractivity contribution in [3.8, 4) is 0 Å². The Morgan fingerprint density at radius 3 is 2.94 bits per heavy atom. The molecule has 0 aromatic carbocycles. The fraction of sp³-hybridized carbons (Fsp3) is 0.500. The van der Waals surface area contributed by atoms with Crippen LogP contribution in [0.25, 0.3) is 0 Å². The first-order valence-corrected chi connectivity index (χ1v) is 5.54. The van der Waals surface area contributed by atoms with Crippen LogP contribution in [0.2, 0.25) is 0 Å². The van der Waals surface area contributed by atoms with Crippen LogP contribution in [0.3, 0.4) is 0 Å². The van der Waals surface area contributed by atoms with Crippen LogP contribution in [0, 0.1) is 0 Å². The van der Waals surface area contributed by atoms with Gasteiger partial charge in [0.2, 0.25) is 5.91 Å². The molecule has 0 bridgehead atoms. The molecule has 1 aromatic heterocycles. The summed E-state index contributed by atoms with van der Waals surface area (Å²) in [6.45, 7) is 2.58. The molecule has 0 saturated heterocycles. The zero-order chi connectivity index (χ0) is 12.0. The lowest BCUT2D eigenvalue weighted by atomic mass is 10.1. The van der Waals surface area contributed by atoms with E-state index < -0.39 is 0 Å². The Morgan fingerprint density at radius 2 is 2.38 bits per heavy atom. The molecule has 1 rings (SSSR count). The van der Waals surface area contributed by atoms with Crippen molar-refractivity contribution >= 4 is 5.91 Å². The molecule has 1 amide bonds. The number of pyridine rings is 1. The maximum absolute atomic E-state index is 11.8. The largest absolute Gasteiger partial charge is 0.340 e. The third-order valence-electron chi connectivity index (χ3n) is 2.44. The lowest BCUT2D eigenvalue weighted by Crippen LogP contribution is -2.41. The summed E-state index contributed by atoms with van der Waals surface area (Å²) in [6, 6.07) is 3.42. The Balaban J connectivity index is 2.52. The maximum Gasteiger partial charge on any atom is 0.239 e. The minimum absolute atomic E-state index is 0.00861. The first-order chi connectivity index (χ1) is 7.65. The highest BCUT2D eigenvalue weighted by molar-refractivity contribution is 5.81. The first kappa shape index (κ1) is 12.6. The molecule has 0 aliphatic heterocycles. The molecule has 1 heterocycles. The molecular formula is C12H19N3O. The number of aromatic nitrogens is 1. The molecule has 0 unspecified atom stereocenters. The molecule has 1 aromatic rings. The predicted molar refractivity (Wildman–Crippen MR) is 63.6 cm³/mol. The number of carbonyl (C=O) groups excluding carboxylic acids is 1. The highest BCUT2D eigenvalue weighted by Gasteiger charge is 2.16. The summed E-state index contributed by atoms with van der Waals surface area (Å²) in [5, 5.41) is 0. The zero-order valence-corrected chi connectivity index (χ0v) is 9.89. The number of amides is 1. The van der Waals surface area contributed by atoms with Gasteiger partial charge in [0, 0.05) is 26.0 Å². The smallest absolute Gasteiger partial charge is 0.239 e. The van der Waals surface area contributed by atoms with Gasteiger partial charge in [-0.25, -0.2) is 0 Å². The van der Waals surface area contributed by atoms with Gasteiger partial charge < -0.3 is 10.6 Å². The summed E-state index contributed by atoms with van der Waals surface area (Å²) in [5.41, 5.74) is 6.79. The quantitative estimate of drug-likeness (QED) is 0.812. The fourth-order valence-corrected chi connectivity index (χ4v) is 1.56. The van der Waals surface area contributed by atoms with Crippen molar-refractivity contribution in [3.05, 3.63) is 30.1 Å². The van der Waals surface area contributed by atoms with Crippen molar-refractivity contribution in [1.82, 2.24) is 9.88 Å². The number of nitrogens with zero attached hydrogens (tertiary/aromatic N) is 2. The van der Waals surface area contributed by atoms with Crippen molar-refractivity contribution in [3.63, 3.8) is 0 Å². The molecule has 1 atom stereocenters. The van der Waals surface area contributed by atoms with Crippen molar-refractivity contribution in [2.24, 2.45) is 5.73 Å². The SMILES string of the molecule is CCC[C@H](N)C(=O)N(C)Cc1cccnc1. The van der Waals surface area contributed by atoms with E-state index in [9.17, 15) is 4.79 Å². The molecule has 0 spiro atoms. The van der Waals surface area contributed by atoms with Crippen molar-refractivity contribution in [2.75, 3.05) is 7.05 Å². The van der Waals surface area contributed by atoms with Crippen LogP contribution in [0.1, 0.15) is 25.3 Å². The lowest BCUT2D eigenvalue weighted by molar-refractivity contribution is -0.132. The molecule has 88 valence electrons. The van der Waals surface area contributed by atoms with Gasteiger partial charge in [0.1, 0.15) is 0 Å². The lowest BCUT2D eigenvalue weighted by Gasteiger charge is -2.20. The summed E-state index contributed by atoms with van der Waals surface area (Å²) in [4.78, 5) is 17.5. The molecule has 0 aliphatic rings. The van der Waals surface area contributed by atoms with E-state index in [4.69, 9.17) is 5.73 Å². The fourth-order valence-electron chi connectivity index (χ4n) is 1.56. The van der Waals surface area contributed by atoms with Gasteiger partial charge in [-0.2, -0.15) is 0 Å². The summed E-state index contributed by atoms with van der Waals surface area (Å²) >= 11 is 0. The second kappa shape index (κ2) is 6.23. The number of likely N-dealkylation sites (N-methyl/N-ethyl adjacent to an activating group) is 1. The Hall–Kier alpha value is -1.42. The van der Waals surface area contributed by atoms with Gasteiger partial charge in [0.05, 0.1) is 6.04 Å². The topological polar surface area (TPSA) is 59.2 Å². The maximum atomic E-state index is 11.8. The number of nitrogens with two attached hydrogens (primary N) is 1. The van der Waals surface area contributed by atoms with Gasteiger partial charge in [-0.05, 0) is 18.1 Å². The predicted octanol–water partition coefficient (Wildman–Crippen LogP) is 1.17. The van der Waals surface area contributed by atoms with Gasteiger partial charge in [0.25, 0.3) is 0 Å². The molecule has 0 radical (unpaired) electrons. The monoisotopic (exact) mass is 221 g/mol. The normalized spacial score (nSPS) is 12.2. The first-order valence-electron chi connectivity index (χ1n) is 5.54. The molecule has 0 saturated carbocycles. The average molecular weight is 221 g/mol. The third-order valence-corrected chi connectivity index (χ3v) is 2.44. The number of hydrogen-bond acceptors (Lipinski definition) is 3. The molecule has 2 N–H and O–H groups in total. The Morgan fingerprint density at radius 1 is 1.62 bits per heavy atom. The number of rotatable bonds is 5. The van der Waals surface area contributed by atoms with Crippen LogP contribution in [0.4, 0.5) is 0 Å². The third kappa shape index (κ3) is 3.62. The number of carbonyl (C=O) groups is 1. The average Bonchev–Trinajstić information content (AvgIpc) is 2.29. The summed E-state index contributed by atoms with van der Waals surface area (Å²) in [7, 11) is 1.77. The van der Waals surface area contributed by atoms with Crippen molar-refractivity contribution in [2.45, 2.75) is 32.4 Å².